The third kappa shape index (κ3) is 5.90. The minimum Gasteiger partial charge on any atom is -0.435 e. The van der Waals surface area contributed by atoms with Crippen LogP contribution < -0.4 is 15.4 Å². The fourth-order valence-electron chi connectivity index (χ4n) is 3.24. The van der Waals surface area contributed by atoms with Gasteiger partial charge in [0.15, 0.2) is 5.96 Å². The zero-order chi connectivity index (χ0) is 20.7. The quantitative estimate of drug-likeness (QED) is 0.442. The van der Waals surface area contributed by atoms with Gasteiger partial charge in [0, 0.05) is 18.5 Å². The topological polar surface area (TPSA) is 65.9 Å². The molecule has 1 atom stereocenters. The summed E-state index contributed by atoms with van der Waals surface area (Å²) in [5, 5.41) is 16.7. The minimum atomic E-state index is -2.86. The van der Waals surface area contributed by atoms with Crippen LogP contribution in [0.2, 0.25) is 0 Å². The highest BCUT2D eigenvalue weighted by atomic mass is 19.3. The van der Waals surface area contributed by atoms with Gasteiger partial charge >= 0.3 is 6.61 Å². The molecule has 5 nitrogen and oxygen atoms in total. The Morgan fingerprint density at radius 3 is 2.38 bits per heavy atom. The van der Waals surface area contributed by atoms with Gasteiger partial charge in [0.25, 0.3) is 0 Å². The smallest absolute Gasteiger partial charge is 0.387 e. The first kappa shape index (κ1) is 21.0. The Labute approximate surface area is 169 Å². The molecule has 3 N–H and O–H groups in total. The predicted molar refractivity (Wildman–Crippen MR) is 109 cm³/mol. The zero-order valence-electron chi connectivity index (χ0n) is 16.4. The Hall–Kier alpha value is -2.67. The Bertz CT molecular complexity index is 793. The summed E-state index contributed by atoms with van der Waals surface area (Å²) in [7, 11) is 0. The van der Waals surface area contributed by atoms with Crippen molar-refractivity contribution in [3.63, 3.8) is 0 Å². The van der Waals surface area contributed by atoms with Crippen molar-refractivity contribution >= 4 is 5.96 Å². The maximum absolute atomic E-state index is 12.2. The molecule has 0 aliphatic heterocycles. The van der Waals surface area contributed by atoms with Gasteiger partial charge in [-0.25, -0.2) is 0 Å². The number of aliphatic hydroxyl groups is 1. The summed E-state index contributed by atoms with van der Waals surface area (Å²) in [4.78, 5) is 4.72. The average molecular weight is 403 g/mol. The number of aliphatic imine (C=N–C) groups is 1. The van der Waals surface area contributed by atoms with E-state index in [2.05, 4.69) is 39.6 Å². The Balaban J connectivity index is 1.57. The van der Waals surface area contributed by atoms with Crippen LogP contribution in [-0.2, 0) is 5.41 Å². The molecule has 1 unspecified atom stereocenters. The molecule has 2 aromatic carbocycles. The molecule has 0 bridgehead atoms. The van der Waals surface area contributed by atoms with Crippen molar-refractivity contribution in [1.82, 2.24) is 10.6 Å². The van der Waals surface area contributed by atoms with E-state index in [0.29, 0.717) is 24.6 Å². The van der Waals surface area contributed by atoms with Gasteiger partial charge in [-0.05, 0) is 43.0 Å². The molecule has 0 amide bonds. The highest BCUT2D eigenvalue weighted by molar-refractivity contribution is 5.79. The number of halogens is 2. The van der Waals surface area contributed by atoms with Gasteiger partial charge in [0.2, 0.25) is 0 Å². The number of ether oxygens (including phenoxy) is 1. The number of benzene rings is 2. The number of hydrogen-bond acceptors (Lipinski definition) is 3. The largest absolute Gasteiger partial charge is 0.435 e. The van der Waals surface area contributed by atoms with Crippen LogP contribution in [0.4, 0.5) is 8.78 Å². The molecule has 1 aliphatic rings. The molecule has 29 heavy (non-hydrogen) atoms. The third-order valence-electron chi connectivity index (χ3n) is 5.08. The van der Waals surface area contributed by atoms with E-state index in [1.54, 1.807) is 12.1 Å². The average Bonchev–Trinajstić information content (AvgIpc) is 3.52. The lowest BCUT2D eigenvalue weighted by molar-refractivity contribution is -0.0498. The standard InChI is InChI=1S/C22H27F2N3O2/c1-2-25-21(27-15-22(12-13-22)17-6-4-3-5-7-17)26-14-19(28)16-8-10-18(11-9-16)29-20(23)24/h3-11,19-20,28H,2,12-15H2,1H3,(H2,25,26,27). The zero-order valence-corrected chi connectivity index (χ0v) is 16.4. The molecular weight excluding hydrogens is 376 g/mol. The fraction of sp³-hybridized carbons (Fsp3) is 0.409. The Kier molecular flexibility index (Phi) is 7.04. The molecule has 0 saturated heterocycles. The summed E-state index contributed by atoms with van der Waals surface area (Å²) in [6, 6.07) is 16.4. The second kappa shape index (κ2) is 9.69. The van der Waals surface area contributed by atoms with E-state index in [1.165, 1.54) is 17.7 Å². The summed E-state index contributed by atoms with van der Waals surface area (Å²) in [5.74, 6) is 0.709. The van der Waals surface area contributed by atoms with Crippen LogP contribution in [0.3, 0.4) is 0 Å². The third-order valence-corrected chi connectivity index (χ3v) is 5.08. The van der Waals surface area contributed by atoms with E-state index in [1.807, 2.05) is 13.0 Å². The summed E-state index contributed by atoms with van der Waals surface area (Å²) in [6.07, 6.45) is 1.44. The highest BCUT2D eigenvalue weighted by Gasteiger charge is 2.43. The molecule has 1 fully saturated rings. The van der Waals surface area contributed by atoms with Crippen LogP contribution in [-0.4, -0.2) is 37.3 Å². The van der Waals surface area contributed by atoms with Crippen molar-refractivity contribution in [2.45, 2.75) is 37.9 Å². The van der Waals surface area contributed by atoms with Crippen LogP contribution in [0.25, 0.3) is 0 Å². The predicted octanol–water partition coefficient (Wildman–Crippen LogP) is 3.61. The number of aliphatic hydroxyl groups excluding tert-OH is 1. The molecule has 156 valence electrons. The monoisotopic (exact) mass is 403 g/mol. The van der Waals surface area contributed by atoms with Gasteiger partial charge in [-0.1, -0.05) is 42.5 Å². The lowest BCUT2D eigenvalue weighted by Gasteiger charge is -2.18. The lowest BCUT2D eigenvalue weighted by Crippen LogP contribution is -2.40. The van der Waals surface area contributed by atoms with E-state index in [4.69, 9.17) is 4.99 Å². The second-order valence-corrected chi connectivity index (χ2v) is 7.19. The van der Waals surface area contributed by atoms with Crippen molar-refractivity contribution in [2.75, 3.05) is 19.6 Å². The van der Waals surface area contributed by atoms with Crippen LogP contribution >= 0.6 is 0 Å². The summed E-state index contributed by atoms with van der Waals surface area (Å²) in [5.41, 5.74) is 2.03. The van der Waals surface area contributed by atoms with Crippen molar-refractivity contribution in [2.24, 2.45) is 4.99 Å². The van der Waals surface area contributed by atoms with E-state index in [0.717, 1.165) is 12.8 Å². The van der Waals surface area contributed by atoms with Crippen LogP contribution in [0.15, 0.2) is 59.6 Å². The molecule has 0 radical (unpaired) electrons. The normalized spacial score (nSPS) is 16.4. The SMILES string of the molecule is CCNC(=NCC1(c2ccccc2)CC1)NCC(O)c1ccc(OC(F)F)cc1. The molecule has 1 aliphatic carbocycles. The molecule has 0 heterocycles. The first-order chi connectivity index (χ1) is 14.0. The van der Waals surface area contributed by atoms with Gasteiger partial charge in [-0.3, -0.25) is 4.99 Å². The van der Waals surface area contributed by atoms with E-state index in [9.17, 15) is 13.9 Å². The first-order valence-electron chi connectivity index (χ1n) is 9.83. The second-order valence-electron chi connectivity index (χ2n) is 7.19. The minimum absolute atomic E-state index is 0.0643. The molecule has 0 spiro atoms. The number of guanidine groups is 1. The molecule has 2 aromatic rings. The maximum Gasteiger partial charge on any atom is 0.387 e. The van der Waals surface area contributed by atoms with Gasteiger partial charge in [0.1, 0.15) is 5.75 Å². The summed E-state index contributed by atoms with van der Waals surface area (Å²) >= 11 is 0. The molecule has 1 saturated carbocycles. The van der Waals surface area contributed by atoms with Crippen molar-refractivity contribution in [3.8, 4) is 5.75 Å². The Morgan fingerprint density at radius 1 is 1.10 bits per heavy atom. The van der Waals surface area contributed by atoms with Crippen molar-refractivity contribution in [1.29, 1.82) is 0 Å². The number of hydrogen-bond donors (Lipinski definition) is 3. The summed E-state index contributed by atoms with van der Waals surface area (Å²) in [6.45, 7) is 0.762. The first-order valence-corrected chi connectivity index (χ1v) is 9.83. The number of rotatable bonds is 9. The number of nitrogens with zero attached hydrogens (tertiary/aromatic N) is 1. The van der Waals surface area contributed by atoms with Crippen molar-refractivity contribution < 1.29 is 18.6 Å². The van der Waals surface area contributed by atoms with Crippen molar-refractivity contribution in [3.05, 3.63) is 65.7 Å². The fourth-order valence-corrected chi connectivity index (χ4v) is 3.24. The van der Waals surface area contributed by atoms with Crippen LogP contribution in [0, 0.1) is 0 Å². The molecular formula is C22H27F2N3O2. The lowest BCUT2D eigenvalue weighted by atomic mass is 9.96. The molecule has 0 aromatic heterocycles. The van der Waals surface area contributed by atoms with Gasteiger partial charge < -0.3 is 20.5 Å². The van der Waals surface area contributed by atoms with Crippen LogP contribution in [0.1, 0.15) is 37.0 Å². The molecule has 7 heteroatoms. The van der Waals surface area contributed by atoms with E-state index < -0.39 is 12.7 Å². The Morgan fingerprint density at radius 2 is 1.79 bits per heavy atom. The highest BCUT2D eigenvalue weighted by Crippen LogP contribution is 2.48. The van der Waals surface area contributed by atoms with Gasteiger partial charge in [-0.2, -0.15) is 8.78 Å². The number of alkyl halides is 2. The van der Waals surface area contributed by atoms with Gasteiger partial charge in [0.05, 0.1) is 12.6 Å². The maximum atomic E-state index is 12.2. The number of nitrogens with one attached hydrogen (secondary N) is 2. The van der Waals surface area contributed by atoms with E-state index in [-0.39, 0.29) is 17.7 Å². The molecule has 3 rings (SSSR count). The van der Waals surface area contributed by atoms with Gasteiger partial charge in [-0.15, -0.1) is 0 Å². The summed E-state index contributed by atoms with van der Waals surface area (Å²) < 4.78 is 28.8. The van der Waals surface area contributed by atoms with E-state index >= 15 is 0 Å². The van der Waals surface area contributed by atoms with Crippen LogP contribution in [0.5, 0.6) is 5.75 Å².